The molecule has 42 heavy (non-hydrogen) atoms. The van der Waals surface area contributed by atoms with Crippen LogP contribution < -0.4 is 14.8 Å². The molecule has 1 amide bonds. The third-order valence-corrected chi connectivity index (χ3v) is 7.87. The van der Waals surface area contributed by atoms with Crippen molar-refractivity contribution in [2.75, 3.05) is 12.4 Å². The zero-order valence-electron chi connectivity index (χ0n) is 22.4. The first-order valence-electron chi connectivity index (χ1n) is 13.0. The van der Waals surface area contributed by atoms with Gasteiger partial charge in [-0.1, -0.05) is 0 Å². The van der Waals surface area contributed by atoms with E-state index in [2.05, 4.69) is 25.3 Å². The molecule has 3 heterocycles. The summed E-state index contributed by atoms with van der Waals surface area (Å²) in [6.45, 7) is 1.92. The average molecular weight is 596 g/mol. The highest BCUT2D eigenvalue weighted by molar-refractivity contribution is 7.21. The lowest BCUT2D eigenvalue weighted by Crippen LogP contribution is -2.45. The fourth-order valence-electron chi connectivity index (χ4n) is 4.85. The molecule has 13 heteroatoms. The third kappa shape index (κ3) is 5.77. The molecule has 216 valence electrons. The first kappa shape index (κ1) is 27.6. The van der Waals surface area contributed by atoms with Crippen molar-refractivity contribution in [3.63, 3.8) is 0 Å². The lowest BCUT2D eigenvalue weighted by atomic mass is 9.91. The normalized spacial score (nSPS) is 18.1. The molecule has 1 fully saturated rings. The van der Waals surface area contributed by atoms with Gasteiger partial charge in [0.25, 0.3) is 5.92 Å². The highest BCUT2D eigenvalue weighted by atomic mass is 32.1. The largest absolute Gasteiger partial charge is 0.483 e. The molecule has 6 rings (SSSR count). The molecular formula is C29H24F3N5O4S. The van der Waals surface area contributed by atoms with E-state index in [4.69, 9.17) is 14.2 Å². The molecule has 1 aliphatic rings. The number of rotatable bonds is 6. The molecule has 0 bridgehead atoms. The lowest BCUT2D eigenvalue weighted by Gasteiger charge is -2.35. The lowest BCUT2D eigenvalue weighted by molar-refractivity contribution is -0.114. The second kappa shape index (κ2) is 11.0. The number of carbonyl (C=O) groups excluding carboxylic acids is 1. The van der Waals surface area contributed by atoms with Crippen LogP contribution in [0.4, 0.5) is 23.7 Å². The number of anilines is 1. The first-order chi connectivity index (χ1) is 20.2. The van der Waals surface area contributed by atoms with Crippen molar-refractivity contribution in [1.29, 1.82) is 0 Å². The minimum Gasteiger partial charge on any atom is -0.483 e. The number of nitrogens with one attached hydrogen (secondary N) is 1. The molecule has 0 spiro atoms. The molecule has 0 radical (unpaired) electrons. The molecule has 0 aliphatic heterocycles. The molecule has 2 atom stereocenters. The smallest absolute Gasteiger partial charge is 0.412 e. The number of thiazole rings is 1. The predicted octanol–water partition coefficient (Wildman–Crippen LogP) is 6.94. The van der Waals surface area contributed by atoms with Gasteiger partial charge in [0, 0.05) is 42.2 Å². The number of amides is 1. The number of hydrogen-bond acceptors (Lipinski definition) is 9. The Kier molecular flexibility index (Phi) is 7.27. The number of alkyl halides is 2. The number of hydrogen-bond donors (Lipinski definition) is 1. The van der Waals surface area contributed by atoms with Crippen LogP contribution in [0.2, 0.25) is 0 Å². The summed E-state index contributed by atoms with van der Waals surface area (Å²) in [6.07, 6.45) is -0.0222. The van der Waals surface area contributed by atoms with Crippen LogP contribution in [-0.2, 0) is 4.74 Å². The van der Waals surface area contributed by atoms with Gasteiger partial charge in [-0.15, -0.1) is 11.3 Å². The summed E-state index contributed by atoms with van der Waals surface area (Å²) in [4.78, 5) is 29.9. The van der Waals surface area contributed by atoms with Gasteiger partial charge in [0.05, 0.1) is 41.0 Å². The zero-order valence-corrected chi connectivity index (χ0v) is 23.3. The summed E-state index contributed by atoms with van der Waals surface area (Å²) >= 11 is 1.28. The summed E-state index contributed by atoms with van der Waals surface area (Å²) in [7, 11) is 1.51. The van der Waals surface area contributed by atoms with E-state index in [0.717, 1.165) is 5.56 Å². The van der Waals surface area contributed by atoms with Crippen molar-refractivity contribution in [3.8, 4) is 22.2 Å². The second-order valence-electron chi connectivity index (χ2n) is 9.92. The Morgan fingerprint density at radius 2 is 1.90 bits per heavy atom. The number of fused-ring (bicyclic) bond motifs is 2. The summed E-state index contributed by atoms with van der Waals surface area (Å²) in [5.41, 5.74) is 3.66. The van der Waals surface area contributed by atoms with Gasteiger partial charge in [0.15, 0.2) is 11.6 Å². The Hall–Kier alpha value is -4.52. The maximum absolute atomic E-state index is 15.2. The van der Waals surface area contributed by atoms with Crippen molar-refractivity contribution in [2.24, 2.45) is 0 Å². The maximum atomic E-state index is 15.2. The number of carbonyl (C=O) groups is 1. The van der Waals surface area contributed by atoms with Gasteiger partial charge in [0.1, 0.15) is 17.2 Å². The Bertz CT molecular complexity index is 1790. The second-order valence-corrected chi connectivity index (χ2v) is 11.0. The van der Waals surface area contributed by atoms with Gasteiger partial charge < -0.3 is 14.2 Å². The number of aryl methyl sites for hydroxylation is 1. The van der Waals surface area contributed by atoms with Crippen LogP contribution in [0, 0.1) is 12.7 Å². The van der Waals surface area contributed by atoms with Gasteiger partial charge in [-0.25, -0.2) is 32.9 Å². The Balaban J connectivity index is 1.28. The molecule has 2 aromatic carbocycles. The summed E-state index contributed by atoms with van der Waals surface area (Å²) in [5, 5.41) is 3.11. The SMILES string of the molecule is COc1cnc2c(-c3nc4cc(F)c(O[C@H]5CC(F)(F)CC[C@H]5OC(=O)Nc5ccncc5)cc4s3)cc(C)cc2n1. The van der Waals surface area contributed by atoms with E-state index in [1.54, 1.807) is 12.1 Å². The number of methoxy groups -OCH3 is 1. The standard InChI is InChI=1S/C29H24F3N5O4S/c1-15-9-17(26-20(10-15)36-25(39-2)14-34-26)27-37-19-11-18(30)22(12-24(19)42-27)40-23-13-29(31,32)6-3-21(23)41-28(38)35-16-4-7-33-8-5-16/h4-5,7-12,14,21,23H,3,6,13H2,1-2H3,(H,33,35,38)/t21-,23+/m1/s1. The topological polar surface area (TPSA) is 108 Å². The average Bonchev–Trinajstić information content (AvgIpc) is 3.36. The Morgan fingerprint density at radius 1 is 1.10 bits per heavy atom. The number of aromatic nitrogens is 4. The predicted molar refractivity (Wildman–Crippen MR) is 151 cm³/mol. The van der Waals surface area contributed by atoms with Crippen molar-refractivity contribution in [1.82, 2.24) is 19.9 Å². The molecule has 5 aromatic rings. The van der Waals surface area contributed by atoms with E-state index in [9.17, 15) is 13.6 Å². The van der Waals surface area contributed by atoms with E-state index in [1.165, 1.54) is 49.2 Å². The molecular weight excluding hydrogens is 571 g/mol. The summed E-state index contributed by atoms with van der Waals surface area (Å²) in [5.74, 6) is -3.69. The van der Waals surface area contributed by atoms with Gasteiger partial charge in [-0.2, -0.15) is 0 Å². The number of halogens is 3. The van der Waals surface area contributed by atoms with Crippen LogP contribution in [0.15, 0.2) is 55.0 Å². The van der Waals surface area contributed by atoms with Crippen LogP contribution in [0.25, 0.3) is 31.8 Å². The van der Waals surface area contributed by atoms with E-state index >= 15 is 4.39 Å². The van der Waals surface area contributed by atoms with Crippen molar-refractivity contribution in [3.05, 3.63) is 66.4 Å². The summed E-state index contributed by atoms with van der Waals surface area (Å²) < 4.78 is 61.1. The molecule has 1 saturated carbocycles. The van der Waals surface area contributed by atoms with Gasteiger partial charge in [-0.05, 0) is 43.2 Å². The van der Waals surface area contributed by atoms with E-state index in [-0.39, 0.29) is 12.2 Å². The number of nitrogens with zero attached hydrogens (tertiary/aromatic N) is 4. The molecule has 1 N–H and O–H groups in total. The van der Waals surface area contributed by atoms with Crippen molar-refractivity contribution in [2.45, 2.75) is 44.3 Å². The molecule has 9 nitrogen and oxygen atoms in total. The van der Waals surface area contributed by atoms with E-state index < -0.39 is 42.9 Å². The first-order valence-corrected chi connectivity index (χ1v) is 13.8. The van der Waals surface area contributed by atoms with Crippen LogP contribution in [-0.4, -0.2) is 51.3 Å². The minimum absolute atomic E-state index is 0.151. The van der Waals surface area contributed by atoms with Crippen molar-refractivity contribution >= 4 is 44.4 Å². The van der Waals surface area contributed by atoms with Crippen molar-refractivity contribution < 1.29 is 32.2 Å². The monoisotopic (exact) mass is 595 g/mol. The molecule has 0 saturated heterocycles. The van der Waals surface area contributed by atoms with Gasteiger partial charge >= 0.3 is 6.09 Å². The zero-order chi connectivity index (χ0) is 29.4. The van der Waals surface area contributed by atoms with Gasteiger partial charge in [-0.3, -0.25) is 10.3 Å². The maximum Gasteiger partial charge on any atom is 0.412 e. The fraction of sp³-hybridized carbons (Fsp3) is 0.276. The summed E-state index contributed by atoms with van der Waals surface area (Å²) in [6, 6.07) is 9.53. The number of ether oxygens (including phenoxy) is 3. The van der Waals surface area contributed by atoms with Crippen LogP contribution in [0.1, 0.15) is 24.8 Å². The fourth-order valence-corrected chi connectivity index (χ4v) is 5.84. The van der Waals surface area contributed by atoms with Gasteiger partial charge in [0.2, 0.25) is 5.88 Å². The molecule has 0 unspecified atom stereocenters. The Morgan fingerprint density at radius 3 is 2.69 bits per heavy atom. The number of pyridine rings is 1. The highest BCUT2D eigenvalue weighted by Gasteiger charge is 2.45. The van der Waals surface area contributed by atoms with Crippen LogP contribution in [0.5, 0.6) is 11.6 Å². The molecule has 3 aromatic heterocycles. The highest BCUT2D eigenvalue weighted by Crippen LogP contribution is 2.40. The van der Waals surface area contributed by atoms with Crippen LogP contribution >= 0.6 is 11.3 Å². The van der Waals surface area contributed by atoms with E-state index in [0.29, 0.717) is 43.4 Å². The Labute approximate surface area is 241 Å². The number of benzene rings is 2. The van der Waals surface area contributed by atoms with Crippen LogP contribution in [0.3, 0.4) is 0 Å². The van der Waals surface area contributed by atoms with E-state index in [1.807, 2.05) is 19.1 Å². The third-order valence-electron chi connectivity index (χ3n) is 6.82. The quantitative estimate of drug-likeness (QED) is 0.225. The molecule has 1 aliphatic carbocycles. The minimum atomic E-state index is -3.06.